The Balaban J connectivity index is -0.0000000626. The van der Waals surface area contributed by atoms with Crippen LogP contribution in [0.5, 0.6) is 0 Å². The molecule has 0 radical (unpaired) electrons. The van der Waals surface area contributed by atoms with Gasteiger partial charge >= 0.3 is 23.9 Å². The van der Waals surface area contributed by atoms with Gasteiger partial charge in [-0.1, -0.05) is 53.4 Å². The molecule has 30 heavy (non-hydrogen) atoms. The van der Waals surface area contributed by atoms with Crippen LogP contribution in [0.25, 0.3) is 0 Å². The number of carbonyl (C=O) groups is 4. The second kappa shape index (κ2) is 38.2. The van der Waals surface area contributed by atoms with Gasteiger partial charge in [0.1, 0.15) is 0 Å². The van der Waals surface area contributed by atoms with E-state index in [2.05, 4.69) is 0 Å². The van der Waals surface area contributed by atoms with Crippen LogP contribution in [0, 0.1) is 0 Å². The van der Waals surface area contributed by atoms with Gasteiger partial charge in [0.25, 0.3) is 0 Å². The minimum Gasteiger partial charge on any atom is -0.481 e. The van der Waals surface area contributed by atoms with Crippen LogP contribution >= 0.6 is 27.0 Å². The molecule has 0 rings (SSSR count). The molecule has 0 saturated carbocycles. The molecule has 4 N–H and O–H groups in total. The van der Waals surface area contributed by atoms with Crippen LogP contribution in [0.15, 0.2) is 0 Å². The van der Waals surface area contributed by atoms with E-state index in [4.69, 9.17) is 20.4 Å². The first-order valence-electron chi connectivity index (χ1n) is 9.95. The zero-order valence-electron chi connectivity index (χ0n) is 18.9. The molecule has 0 aliphatic rings. The van der Waals surface area contributed by atoms with Crippen molar-refractivity contribution in [1.29, 1.82) is 0 Å². The van der Waals surface area contributed by atoms with Gasteiger partial charge in [0.05, 0.1) is 0 Å². The summed E-state index contributed by atoms with van der Waals surface area (Å²) in [5.74, 6) is -2.77. The van der Waals surface area contributed by atoms with Crippen LogP contribution in [0.4, 0.5) is 0 Å². The second-order valence-corrected chi connectivity index (χ2v) is 5.99. The highest BCUT2D eigenvalue weighted by atomic mass is 32.1. The van der Waals surface area contributed by atoms with Gasteiger partial charge in [0.15, 0.2) is 0 Å². The fourth-order valence-electron chi connectivity index (χ4n) is 1.31. The summed E-state index contributed by atoms with van der Waals surface area (Å²) in [5.41, 5.74) is 0. The quantitative estimate of drug-likeness (QED) is 0.297. The van der Waals surface area contributed by atoms with E-state index in [0.717, 1.165) is 51.4 Å². The van der Waals surface area contributed by atoms with Crippen molar-refractivity contribution in [2.24, 2.45) is 0 Å². The lowest BCUT2D eigenvalue weighted by atomic mass is 10.3. The van der Waals surface area contributed by atoms with Crippen molar-refractivity contribution in [3.05, 3.63) is 0 Å². The number of hydrogen-bond acceptors (Lipinski definition) is 4. The van der Waals surface area contributed by atoms with Gasteiger partial charge in [-0.3, -0.25) is 19.2 Å². The lowest BCUT2D eigenvalue weighted by molar-refractivity contribution is -0.138. The first kappa shape index (κ1) is 42.6. The molecular weight excluding hydrogens is 432 g/mol. The van der Waals surface area contributed by atoms with E-state index in [9.17, 15) is 19.2 Å². The van der Waals surface area contributed by atoms with Crippen LogP contribution in [0.1, 0.15) is 105 Å². The number of rotatable bonds is 12. The molecule has 0 spiro atoms. The smallest absolute Gasteiger partial charge is 0.303 e. The zero-order valence-corrected chi connectivity index (χ0v) is 20.9. The number of hydrogen-bond donors (Lipinski definition) is 4. The second-order valence-electron chi connectivity index (χ2n) is 5.99. The van der Waals surface area contributed by atoms with E-state index >= 15 is 0 Å². The van der Waals surface area contributed by atoms with Crippen LogP contribution in [0.3, 0.4) is 0 Å². The predicted molar refractivity (Wildman–Crippen MR) is 129 cm³/mol. The third kappa shape index (κ3) is 81.8. The van der Waals surface area contributed by atoms with Gasteiger partial charge in [0, 0.05) is 25.7 Å². The van der Waals surface area contributed by atoms with E-state index in [-0.39, 0.29) is 27.0 Å². The molecule has 0 unspecified atom stereocenters. The highest BCUT2D eigenvalue weighted by Crippen LogP contribution is 1.92. The highest BCUT2D eigenvalue weighted by molar-refractivity contribution is 7.59. The molecule has 0 bridgehead atoms. The number of carboxylic acids is 4. The van der Waals surface area contributed by atoms with Crippen molar-refractivity contribution in [1.82, 2.24) is 0 Å². The minimum atomic E-state index is -0.693. The molecule has 0 aliphatic heterocycles. The molecule has 0 amide bonds. The summed E-state index contributed by atoms with van der Waals surface area (Å²) in [6.45, 7) is 7.90. The van der Waals surface area contributed by atoms with Crippen LogP contribution in [0.2, 0.25) is 0 Å². The highest BCUT2D eigenvalue weighted by Gasteiger charge is 1.92. The summed E-state index contributed by atoms with van der Waals surface area (Å²) in [6, 6.07) is 0. The third-order valence-corrected chi connectivity index (χ3v) is 2.98. The summed E-state index contributed by atoms with van der Waals surface area (Å²) in [7, 11) is 0. The average molecular weight is 477 g/mol. The lowest BCUT2D eigenvalue weighted by Crippen LogP contribution is -1.91. The molecule has 0 fully saturated rings. The van der Waals surface area contributed by atoms with E-state index in [1.807, 2.05) is 27.7 Å². The molecule has 0 atom stereocenters. The summed E-state index contributed by atoms with van der Waals surface area (Å²) in [4.78, 5) is 39.0. The van der Waals surface area contributed by atoms with E-state index < -0.39 is 23.9 Å². The minimum absolute atomic E-state index is 0. The maximum atomic E-state index is 9.76. The predicted octanol–water partition coefficient (Wildman–Crippen LogP) is 5.27. The van der Waals surface area contributed by atoms with E-state index in [1.54, 1.807) is 0 Å². The third-order valence-electron chi connectivity index (χ3n) is 2.98. The maximum Gasteiger partial charge on any atom is 0.303 e. The summed E-state index contributed by atoms with van der Waals surface area (Å²) < 4.78 is 0. The molecule has 0 aromatic heterocycles. The van der Waals surface area contributed by atoms with Crippen molar-refractivity contribution >= 4 is 50.9 Å². The molecule has 10 heteroatoms. The largest absolute Gasteiger partial charge is 0.481 e. The standard InChI is InChI=1S/4C5H10O2.2H2S/c4*1-2-3-4-5(6)7;;/h4*2-4H2,1H3,(H,6,7);2*1H2. The van der Waals surface area contributed by atoms with Crippen molar-refractivity contribution < 1.29 is 39.6 Å². The number of unbranched alkanes of at least 4 members (excludes halogenated alkanes) is 4. The first-order valence-corrected chi connectivity index (χ1v) is 9.95. The SMILES string of the molecule is CCCCC(=O)O.CCCCC(=O)O.CCCCC(=O)O.CCCCC(=O)O.S.S. The Hall–Kier alpha value is -1.42. The molecule has 0 aromatic carbocycles. The van der Waals surface area contributed by atoms with Gasteiger partial charge in [-0.25, -0.2) is 0 Å². The topological polar surface area (TPSA) is 149 Å². The maximum absolute atomic E-state index is 9.76. The molecule has 0 heterocycles. The molecule has 0 aliphatic carbocycles. The van der Waals surface area contributed by atoms with Gasteiger partial charge in [-0.05, 0) is 25.7 Å². The van der Waals surface area contributed by atoms with Crippen LogP contribution in [-0.2, 0) is 19.2 Å². The molecule has 8 nitrogen and oxygen atoms in total. The fourth-order valence-corrected chi connectivity index (χ4v) is 1.31. The Morgan fingerprint density at radius 1 is 0.433 bits per heavy atom. The number of carboxylic acid groups (broad SMARTS) is 4. The fraction of sp³-hybridized carbons (Fsp3) is 0.800. The summed E-state index contributed by atoms with van der Waals surface area (Å²) >= 11 is 0. The van der Waals surface area contributed by atoms with E-state index in [1.165, 1.54) is 0 Å². The van der Waals surface area contributed by atoms with Crippen molar-refractivity contribution in [3.63, 3.8) is 0 Å². The first-order chi connectivity index (χ1) is 13.1. The van der Waals surface area contributed by atoms with Crippen molar-refractivity contribution in [2.45, 2.75) is 105 Å². The monoisotopic (exact) mass is 476 g/mol. The summed E-state index contributed by atoms with van der Waals surface area (Å²) in [6.07, 6.45) is 8.33. The average Bonchev–Trinajstić information content (AvgIpc) is 2.62. The normalized spacial score (nSPS) is 8.13. The Morgan fingerprint density at radius 3 is 0.600 bits per heavy atom. The van der Waals surface area contributed by atoms with Crippen molar-refractivity contribution in [2.75, 3.05) is 0 Å². The molecule has 184 valence electrons. The van der Waals surface area contributed by atoms with Gasteiger partial charge < -0.3 is 20.4 Å². The number of aliphatic carboxylic acids is 4. The summed E-state index contributed by atoms with van der Waals surface area (Å²) in [5, 5.41) is 32.2. The Morgan fingerprint density at radius 2 is 0.567 bits per heavy atom. The molecule has 0 aromatic rings. The van der Waals surface area contributed by atoms with Gasteiger partial charge in [0.2, 0.25) is 0 Å². The zero-order chi connectivity index (χ0) is 22.8. The van der Waals surface area contributed by atoms with Crippen LogP contribution in [-0.4, -0.2) is 44.3 Å². The van der Waals surface area contributed by atoms with Crippen LogP contribution < -0.4 is 0 Å². The Bertz CT molecular complexity index is 319. The lowest BCUT2D eigenvalue weighted by Gasteiger charge is -1.85. The Labute approximate surface area is 195 Å². The van der Waals surface area contributed by atoms with Gasteiger partial charge in [-0.15, -0.1) is 0 Å². The van der Waals surface area contributed by atoms with Gasteiger partial charge in [-0.2, -0.15) is 27.0 Å². The molecule has 0 saturated heterocycles. The van der Waals surface area contributed by atoms with E-state index in [0.29, 0.717) is 25.7 Å². The Kier molecular flexibility index (Phi) is 54.3. The molecular formula is C20H44O8S2. The van der Waals surface area contributed by atoms with Crippen molar-refractivity contribution in [3.8, 4) is 0 Å².